The molecular formula is C32H42N2O4. The van der Waals surface area contributed by atoms with E-state index in [1.165, 1.54) is 58.5 Å². The number of aromatic hydroxyl groups is 1. The number of fused-ring (bicyclic) bond motifs is 1. The zero-order valence-electron chi connectivity index (χ0n) is 23.1. The van der Waals surface area contributed by atoms with Crippen LogP contribution < -0.4 is 15.0 Å². The highest BCUT2D eigenvalue weighted by Crippen LogP contribution is 2.36. The molecule has 2 N–H and O–H groups in total. The van der Waals surface area contributed by atoms with Crippen molar-refractivity contribution in [3.05, 3.63) is 60.2 Å². The number of amides is 2. The van der Waals surface area contributed by atoms with Crippen molar-refractivity contribution >= 4 is 34.0 Å². The van der Waals surface area contributed by atoms with E-state index >= 15 is 0 Å². The fourth-order valence-electron chi connectivity index (χ4n) is 4.89. The first kappa shape index (κ1) is 29.0. The quantitative estimate of drug-likeness (QED) is 0.199. The topological polar surface area (TPSA) is 78.9 Å². The molecule has 6 nitrogen and oxygen atoms in total. The fraction of sp³-hybridized carbons (Fsp3) is 0.438. The molecule has 0 atom stereocenters. The lowest BCUT2D eigenvalue weighted by Crippen LogP contribution is -2.29. The van der Waals surface area contributed by atoms with Gasteiger partial charge in [0.25, 0.3) is 5.91 Å². The summed E-state index contributed by atoms with van der Waals surface area (Å²) < 4.78 is 5.31. The third-order valence-corrected chi connectivity index (χ3v) is 7.02. The molecule has 0 unspecified atom stereocenters. The first-order chi connectivity index (χ1) is 18.5. The Labute approximate surface area is 227 Å². The fourth-order valence-corrected chi connectivity index (χ4v) is 4.89. The van der Waals surface area contributed by atoms with Gasteiger partial charge in [-0.2, -0.15) is 0 Å². The molecule has 0 saturated heterocycles. The molecule has 3 rings (SSSR count). The van der Waals surface area contributed by atoms with Gasteiger partial charge < -0.3 is 20.1 Å². The summed E-state index contributed by atoms with van der Waals surface area (Å²) in [5.74, 6) is -0.0503. The Kier molecular flexibility index (Phi) is 11.5. The van der Waals surface area contributed by atoms with Crippen LogP contribution in [0.5, 0.6) is 11.5 Å². The van der Waals surface area contributed by atoms with Crippen LogP contribution in [0.25, 0.3) is 10.8 Å². The number of phenols is 1. The van der Waals surface area contributed by atoms with E-state index in [9.17, 15) is 14.7 Å². The molecule has 2 amide bonds. The van der Waals surface area contributed by atoms with Crippen molar-refractivity contribution in [2.45, 2.75) is 78.1 Å². The highest BCUT2D eigenvalue weighted by Gasteiger charge is 2.19. The van der Waals surface area contributed by atoms with E-state index in [0.717, 1.165) is 23.9 Å². The van der Waals surface area contributed by atoms with Gasteiger partial charge >= 0.3 is 0 Å². The second-order valence-electron chi connectivity index (χ2n) is 9.84. The summed E-state index contributed by atoms with van der Waals surface area (Å²) in [5.41, 5.74) is 1.43. The smallest absolute Gasteiger partial charge is 0.259 e. The summed E-state index contributed by atoms with van der Waals surface area (Å²) in [4.78, 5) is 27.4. The molecule has 0 aliphatic rings. The minimum atomic E-state index is -0.437. The summed E-state index contributed by atoms with van der Waals surface area (Å²) >= 11 is 0. The standard InChI is InChI=1S/C32H42N2O4/c1-4-5-6-7-8-9-10-11-12-15-23-34(24(2)35)29-19-16-17-26-25(29)21-22-27(31(26)36)32(37)33-28-18-13-14-20-30(28)38-3/h13-14,16-22,36H,4-12,15,23H2,1-3H3,(H,33,37). The van der Waals surface area contributed by atoms with Crippen LogP contribution in [-0.2, 0) is 4.79 Å². The van der Waals surface area contributed by atoms with Gasteiger partial charge in [-0.1, -0.05) is 95.0 Å². The number of nitrogens with zero attached hydrogens (tertiary/aromatic N) is 1. The lowest BCUT2D eigenvalue weighted by Gasteiger charge is -2.23. The van der Waals surface area contributed by atoms with Gasteiger partial charge in [-0.05, 0) is 30.7 Å². The molecule has 0 aromatic heterocycles. The first-order valence-corrected chi connectivity index (χ1v) is 13.9. The normalized spacial score (nSPS) is 10.9. The van der Waals surface area contributed by atoms with Crippen molar-refractivity contribution in [1.82, 2.24) is 0 Å². The Morgan fingerprint density at radius 1 is 0.816 bits per heavy atom. The number of carbonyl (C=O) groups excluding carboxylic acids is 2. The molecule has 0 bridgehead atoms. The number of methoxy groups -OCH3 is 1. The minimum absolute atomic E-state index is 0.0362. The number of rotatable bonds is 15. The van der Waals surface area contributed by atoms with E-state index < -0.39 is 5.91 Å². The van der Waals surface area contributed by atoms with Crippen molar-refractivity contribution in [2.24, 2.45) is 0 Å². The average molecular weight is 519 g/mol. The van der Waals surface area contributed by atoms with Crippen LogP contribution in [0.4, 0.5) is 11.4 Å². The molecule has 0 fully saturated rings. The zero-order chi connectivity index (χ0) is 27.3. The summed E-state index contributed by atoms with van der Waals surface area (Å²) in [6.07, 6.45) is 12.3. The number of anilines is 2. The lowest BCUT2D eigenvalue weighted by molar-refractivity contribution is -0.116. The van der Waals surface area contributed by atoms with Crippen LogP contribution in [0.15, 0.2) is 54.6 Å². The van der Waals surface area contributed by atoms with Crippen molar-refractivity contribution < 1.29 is 19.4 Å². The van der Waals surface area contributed by atoms with Crippen LogP contribution in [0.2, 0.25) is 0 Å². The van der Waals surface area contributed by atoms with Crippen LogP contribution >= 0.6 is 0 Å². The zero-order valence-corrected chi connectivity index (χ0v) is 23.1. The Hall–Kier alpha value is -3.54. The lowest BCUT2D eigenvalue weighted by atomic mass is 10.0. The number of carbonyl (C=O) groups is 2. The molecule has 0 aliphatic carbocycles. The number of unbranched alkanes of at least 4 members (excludes halogenated alkanes) is 9. The van der Waals surface area contributed by atoms with Crippen molar-refractivity contribution in [2.75, 3.05) is 23.9 Å². The molecule has 38 heavy (non-hydrogen) atoms. The van der Waals surface area contributed by atoms with Crippen LogP contribution in [0.3, 0.4) is 0 Å². The molecule has 0 heterocycles. The second-order valence-corrected chi connectivity index (χ2v) is 9.84. The summed E-state index contributed by atoms with van der Waals surface area (Å²) in [7, 11) is 1.54. The second kappa shape index (κ2) is 15.0. The number of benzene rings is 3. The minimum Gasteiger partial charge on any atom is -0.506 e. The van der Waals surface area contributed by atoms with Gasteiger partial charge in [0.15, 0.2) is 0 Å². The Morgan fingerprint density at radius 3 is 2.13 bits per heavy atom. The summed E-state index contributed by atoms with van der Waals surface area (Å²) in [6, 6.07) is 16.0. The van der Waals surface area contributed by atoms with Crippen molar-refractivity contribution in [3.63, 3.8) is 0 Å². The van der Waals surface area contributed by atoms with E-state index in [1.54, 1.807) is 48.2 Å². The number of para-hydroxylation sites is 2. The molecular weight excluding hydrogens is 476 g/mol. The van der Waals surface area contributed by atoms with E-state index in [1.807, 2.05) is 18.2 Å². The van der Waals surface area contributed by atoms with Crippen molar-refractivity contribution in [3.8, 4) is 11.5 Å². The SMILES string of the molecule is CCCCCCCCCCCCN(C(C)=O)c1cccc2c(O)c(C(=O)Nc3ccccc3OC)ccc12. The Bertz CT molecular complexity index is 1210. The maximum Gasteiger partial charge on any atom is 0.259 e. The number of nitrogens with one attached hydrogen (secondary N) is 1. The van der Waals surface area contributed by atoms with E-state index in [-0.39, 0.29) is 17.2 Å². The average Bonchev–Trinajstić information content (AvgIpc) is 2.92. The van der Waals surface area contributed by atoms with Crippen LogP contribution in [-0.4, -0.2) is 30.6 Å². The van der Waals surface area contributed by atoms with Gasteiger partial charge in [0.1, 0.15) is 11.5 Å². The Balaban J connectivity index is 1.67. The summed E-state index contributed by atoms with van der Waals surface area (Å²) in [5, 5.41) is 15.1. The molecule has 204 valence electrons. The first-order valence-electron chi connectivity index (χ1n) is 13.9. The largest absolute Gasteiger partial charge is 0.506 e. The molecule has 3 aromatic rings. The van der Waals surface area contributed by atoms with Gasteiger partial charge in [-0.3, -0.25) is 9.59 Å². The molecule has 0 aliphatic heterocycles. The third-order valence-electron chi connectivity index (χ3n) is 7.02. The molecule has 0 radical (unpaired) electrons. The van der Waals surface area contributed by atoms with Gasteiger partial charge in [0.05, 0.1) is 24.0 Å². The monoisotopic (exact) mass is 518 g/mol. The molecule has 3 aromatic carbocycles. The maximum atomic E-state index is 13.0. The van der Waals surface area contributed by atoms with E-state index in [0.29, 0.717) is 23.4 Å². The number of hydrogen-bond acceptors (Lipinski definition) is 4. The predicted molar refractivity (Wildman–Crippen MR) is 156 cm³/mol. The molecule has 0 spiro atoms. The van der Waals surface area contributed by atoms with E-state index in [4.69, 9.17) is 4.74 Å². The van der Waals surface area contributed by atoms with Crippen molar-refractivity contribution in [1.29, 1.82) is 0 Å². The molecule has 0 saturated carbocycles. The maximum absolute atomic E-state index is 13.0. The van der Waals surface area contributed by atoms with Gasteiger partial charge in [0, 0.05) is 24.2 Å². The summed E-state index contributed by atoms with van der Waals surface area (Å²) in [6.45, 7) is 4.44. The Morgan fingerprint density at radius 2 is 1.47 bits per heavy atom. The molecule has 6 heteroatoms. The van der Waals surface area contributed by atoms with Gasteiger partial charge in [-0.25, -0.2) is 0 Å². The number of ether oxygens (including phenoxy) is 1. The van der Waals surface area contributed by atoms with Crippen LogP contribution in [0.1, 0.15) is 88.4 Å². The van der Waals surface area contributed by atoms with Gasteiger partial charge in [0.2, 0.25) is 5.91 Å². The number of hydrogen-bond donors (Lipinski definition) is 2. The highest BCUT2D eigenvalue weighted by atomic mass is 16.5. The van der Waals surface area contributed by atoms with E-state index in [2.05, 4.69) is 12.2 Å². The highest BCUT2D eigenvalue weighted by molar-refractivity contribution is 6.12. The van der Waals surface area contributed by atoms with Crippen LogP contribution in [0, 0.1) is 0 Å². The third kappa shape index (κ3) is 7.73. The van der Waals surface area contributed by atoms with Gasteiger partial charge in [-0.15, -0.1) is 0 Å². The number of phenolic OH excluding ortho intramolecular Hbond substituents is 1. The predicted octanol–water partition coefficient (Wildman–Crippen LogP) is 8.08.